The Morgan fingerprint density at radius 2 is 1.66 bits per heavy atom. The number of halogens is 1. The van der Waals surface area contributed by atoms with Gasteiger partial charge >= 0.3 is 0 Å². The first-order valence-electron chi connectivity index (χ1n) is 13.5. The molecule has 13 heteroatoms. The van der Waals surface area contributed by atoms with E-state index < -0.39 is 11.8 Å². The molecule has 0 saturated carbocycles. The molecule has 0 spiro atoms. The Morgan fingerprint density at radius 1 is 0.932 bits per heavy atom. The smallest absolute Gasteiger partial charge is 0.272 e. The molecular weight excluding hydrogens is 650 g/mol. The highest BCUT2D eigenvalue weighted by atomic mass is 79.9. The minimum atomic E-state index is -0.520. The summed E-state index contributed by atoms with van der Waals surface area (Å²) in [6.07, 6.45) is 1.28. The number of hydrogen-bond donors (Lipinski definition) is 5. The van der Waals surface area contributed by atoms with Crippen LogP contribution in [0.4, 0.5) is 0 Å². The number of hydrazone groups is 1. The number of aliphatic hydroxyl groups is 1. The summed E-state index contributed by atoms with van der Waals surface area (Å²) in [7, 11) is 0. The topological polar surface area (TPSA) is 162 Å². The van der Waals surface area contributed by atoms with Crippen LogP contribution < -0.4 is 16.1 Å². The third-order valence-corrected chi connectivity index (χ3v) is 7.83. The van der Waals surface area contributed by atoms with Gasteiger partial charge in [0.1, 0.15) is 11.4 Å². The second-order valence-electron chi connectivity index (χ2n) is 9.38. The van der Waals surface area contributed by atoms with Crippen molar-refractivity contribution in [3.8, 4) is 16.2 Å². The van der Waals surface area contributed by atoms with Gasteiger partial charge in [-0.15, -0.1) is 11.3 Å². The number of nitrogens with zero attached hydrogens (tertiary/aromatic N) is 2. The maximum Gasteiger partial charge on any atom is 0.272 e. The van der Waals surface area contributed by atoms with Crippen LogP contribution in [0.3, 0.4) is 0 Å². The lowest BCUT2D eigenvalue weighted by Crippen LogP contribution is -2.27. The zero-order valence-electron chi connectivity index (χ0n) is 23.7. The fourth-order valence-electron chi connectivity index (χ4n) is 3.89. The zero-order chi connectivity index (χ0) is 31.5. The van der Waals surface area contributed by atoms with Crippen LogP contribution >= 0.6 is 27.3 Å². The number of aromatic nitrogens is 1. The molecule has 2 heterocycles. The summed E-state index contributed by atoms with van der Waals surface area (Å²) in [5.41, 5.74) is 5.85. The van der Waals surface area contributed by atoms with Crippen molar-refractivity contribution < 1.29 is 29.3 Å². The molecule has 0 aliphatic heterocycles. The Kier molecular flexibility index (Phi) is 11.7. The van der Waals surface area contributed by atoms with Crippen molar-refractivity contribution in [3.05, 3.63) is 105 Å². The predicted octanol–water partition coefficient (Wildman–Crippen LogP) is 4.10. The van der Waals surface area contributed by atoms with Gasteiger partial charge in [-0.1, -0.05) is 40.2 Å². The predicted molar refractivity (Wildman–Crippen MR) is 171 cm³/mol. The van der Waals surface area contributed by atoms with Crippen molar-refractivity contribution in [2.45, 2.75) is 13.5 Å². The van der Waals surface area contributed by atoms with Gasteiger partial charge in [-0.2, -0.15) is 5.10 Å². The van der Waals surface area contributed by atoms with E-state index in [1.807, 2.05) is 24.3 Å². The fraction of sp³-hybridized carbons (Fsp3) is 0.194. The van der Waals surface area contributed by atoms with Gasteiger partial charge in [-0.3, -0.25) is 19.4 Å². The minimum absolute atomic E-state index is 0.0698. The Balaban J connectivity index is 1.26. The van der Waals surface area contributed by atoms with Crippen molar-refractivity contribution in [3.63, 3.8) is 0 Å². The average Bonchev–Trinajstić information content (AvgIpc) is 3.43. The van der Waals surface area contributed by atoms with Crippen LogP contribution in [-0.4, -0.2) is 65.0 Å². The van der Waals surface area contributed by atoms with E-state index in [1.54, 1.807) is 36.6 Å². The summed E-state index contributed by atoms with van der Waals surface area (Å²) < 4.78 is 6.04. The molecule has 0 aliphatic carbocycles. The molecule has 0 unspecified atom stereocenters. The van der Waals surface area contributed by atoms with Gasteiger partial charge < -0.3 is 25.6 Å². The summed E-state index contributed by atoms with van der Waals surface area (Å²) >= 11 is 4.77. The molecule has 3 amide bonds. The largest absolute Gasteiger partial charge is 0.506 e. The molecule has 0 radical (unpaired) electrons. The highest BCUT2D eigenvalue weighted by Crippen LogP contribution is 2.39. The van der Waals surface area contributed by atoms with Gasteiger partial charge in [-0.05, 0) is 54.4 Å². The van der Waals surface area contributed by atoms with E-state index in [0.717, 1.165) is 15.6 Å². The van der Waals surface area contributed by atoms with E-state index in [-0.39, 0.29) is 42.7 Å². The number of nitrogens with one attached hydrogen (secondary N) is 3. The molecule has 2 aromatic heterocycles. The lowest BCUT2D eigenvalue weighted by Gasteiger charge is -2.08. The van der Waals surface area contributed by atoms with Crippen molar-refractivity contribution in [1.29, 1.82) is 0 Å². The van der Waals surface area contributed by atoms with Crippen molar-refractivity contribution in [2.75, 3.05) is 26.4 Å². The Bertz CT molecular complexity index is 1620. The van der Waals surface area contributed by atoms with Crippen LogP contribution in [0.2, 0.25) is 0 Å². The normalized spacial score (nSPS) is 11.2. The molecule has 44 heavy (non-hydrogen) atoms. The number of aliphatic hydroxyl groups excluding tert-OH is 1. The summed E-state index contributed by atoms with van der Waals surface area (Å²) in [5, 5.41) is 30.8. The third kappa shape index (κ3) is 8.80. The molecule has 0 bridgehead atoms. The SMILES string of the molecule is C/C(=N\NC(=O)c1ccc(C(=O)NCc2ccc(C(=O)NCCOCCO)cc2)nc1)c1csc(-c2ccc(Br)cc2)c1O. The summed E-state index contributed by atoms with van der Waals surface area (Å²) in [6, 6.07) is 17.3. The number of carbonyl (C=O) groups is 3. The minimum Gasteiger partial charge on any atom is -0.506 e. The molecule has 4 rings (SSSR count). The molecule has 11 nitrogen and oxygen atoms in total. The standard InChI is InChI=1S/C31H30BrN5O6S/c1-19(25-18-44-28(27(25)39)21-6-9-24(32)10-7-21)36-37-30(41)23-8-11-26(34-17-23)31(42)35-16-20-2-4-22(5-3-20)29(40)33-12-14-43-15-13-38/h2-11,17-18,38-39H,12-16H2,1H3,(H,33,40)(H,35,42)(H,37,41)/b36-19+. The lowest BCUT2D eigenvalue weighted by atomic mass is 10.1. The van der Waals surface area contributed by atoms with Crippen LogP contribution in [0.1, 0.15) is 49.3 Å². The zero-order valence-corrected chi connectivity index (χ0v) is 26.1. The third-order valence-electron chi connectivity index (χ3n) is 6.28. The fourth-order valence-corrected chi connectivity index (χ4v) is 5.16. The van der Waals surface area contributed by atoms with Crippen molar-refractivity contribution in [2.24, 2.45) is 5.10 Å². The van der Waals surface area contributed by atoms with Crippen molar-refractivity contribution >= 4 is 50.7 Å². The van der Waals surface area contributed by atoms with E-state index in [4.69, 9.17) is 9.84 Å². The second kappa shape index (κ2) is 15.9. The number of thiophene rings is 1. The number of hydrogen-bond acceptors (Lipinski definition) is 9. The molecule has 0 aliphatic rings. The Morgan fingerprint density at radius 3 is 2.34 bits per heavy atom. The Labute approximate surface area is 266 Å². The van der Waals surface area contributed by atoms with Crippen LogP contribution in [-0.2, 0) is 11.3 Å². The molecule has 0 saturated heterocycles. The van der Waals surface area contributed by atoms with E-state index in [0.29, 0.717) is 34.9 Å². The first-order chi connectivity index (χ1) is 21.3. The summed E-state index contributed by atoms with van der Waals surface area (Å²) in [6.45, 7) is 2.68. The lowest BCUT2D eigenvalue weighted by molar-refractivity contribution is 0.0837. The first kappa shape index (κ1) is 32.5. The number of benzene rings is 2. The van der Waals surface area contributed by atoms with Gasteiger partial charge in [-0.25, -0.2) is 5.43 Å². The molecule has 228 valence electrons. The molecule has 0 fully saturated rings. The number of ether oxygens (including phenoxy) is 1. The molecular formula is C31H30BrN5O6S. The summed E-state index contributed by atoms with van der Waals surface area (Å²) in [5.74, 6) is -1.11. The highest BCUT2D eigenvalue weighted by molar-refractivity contribution is 9.10. The van der Waals surface area contributed by atoms with Crippen LogP contribution in [0.5, 0.6) is 5.75 Å². The first-order valence-corrected chi connectivity index (χ1v) is 15.2. The van der Waals surface area contributed by atoms with Gasteiger partial charge in [0.2, 0.25) is 0 Å². The van der Waals surface area contributed by atoms with Crippen LogP contribution in [0, 0.1) is 0 Å². The highest BCUT2D eigenvalue weighted by Gasteiger charge is 2.16. The van der Waals surface area contributed by atoms with Crippen LogP contribution in [0.25, 0.3) is 10.4 Å². The van der Waals surface area contributed by atoms with Gasteiger partial charge in [0.15, 0.2) is 0 Å². The molecule has 0 atom stereocenters. The second-order valence-corrected chi connectivity index (χ2v) is 11.2. The quantitative estimate of drug-likeness (QED) is 0.0807. The van der Waals surface area contributed by atoms with Gasteiger partial charge in [0.25, 0.3) is 17.7 Å². The van der Waals surface area contributed by atoms with E-state index >= 15 is 0 Å². The number of amides is 3. The monoisotopic (exact) mass is 679 g/mol. The maximum atomic E-state index is 12.6. The Hall–Kier alpha value is -4.43. The van der Waals surface area contributed by atoms with Crippen LogP contribution in [0.15, 0.2) is 81.8 Å². The number of rotatable bonds is 13. The maximum absolute atomic E-state index is 12.6. The van der Waals surface area contributed by atoms with E-state index in [9.17, 15) is 19.5 Å². The van der Waals surface area contributed by atoms with Crippen molar-refractivity contribution in [1.82, 2.24) is 21.0 Å². The van der Waals surface area contributed by atoms with Gasteiger partial charge in [0, 0.05) is 34.7 Å². The number of pyridine rings is 1. The molecule has 2 aromatic carbocycles. The number of carbonyl (C=O) groups excluding carboxylic acids is 3. The van der Waals surface area contributed by atoms with E-state index in [2.05, 4.69) is 42.1 Å². The van der Waals surface area contributed by atoms with E-state index in [1.165, 1.54) is 29.7 Å². The van der Waals surface area contributed by atoms with Gasteiger partial charge in [0.05, 0.1) is 41.5 Å². The summed E-state index contributed by atoms with van der Waals surface area (Å²) in [4.78, 5) is 42.2. The molecule has 5 N–H and O–H groups in total. The number of aromatic hydroxyl groups is 1. The molecule has 4 aromatic rings. The average molecular weight is 681 g/mol.